The van der Waals surface area contributed by atoms with E-state index in [9.17, 15) is 19.2 Å². The fraction of sp³-hybridized carbons (Fsp3) is 0.333. The van der Waals surface area contributed by atoms with Crippen LogP contribution in [0.1, 0.15) is 12.8 Å². The number of hydrogen-bond donors (Lipinski definition) is 1. The van der Waals surface area contributed by atoms with Gasteiger partial charge in [-0.3, -0.25) is 14.4 Å². The molecule has 7 nitrogen and oxygen atoms in total. The third-order valence-corrected chi connectivity index (χ3v) is 2.02. The number of aliphatic carboxylic acids is 1. The van der Waals surface area contributed by atoms with Crippen molar-refractivity contribution in [3.63, 3.8) is 0 Å². The van der Waals surface area contributed by atoms with Crippen LogP contribution in [0.25, 0.3) is 0 Å². The van der Waals surface area contributed by atoms with Gasteiger partial charge in [-0.2, -0.15) is 0 Å². The first-order chi connectivity index (χ1) is 9.15. The minimum atomic E-state index is -1.18. The molecule has 0 aliphatic carbocycles. The Labute approximate surface area is 120 Å². The van der Waals surface area contributed by atoms with Crippen LogP contribution < -0.4 is 0 Å². The number of carbonyl (C=O) groups excluding carboxylic acids is 3. The first-order valence-corrected chi connectivity index (χ1v) is 5.45. The lowest BCUT2D eigenvalue weighted by molar-refractivity contribution is -0.142. The second-order valence-corrected chi connectivity index (χ2v) is 3.64. The average Bonchev–Trinajstić information content (AvgIpc) is 2.38. The van der Waals surface area contributed by atoms with Gasteiger partial charge in [0.25, 0.3) is 0 Å². The summed E-state index contributed by atoms with van der Waals surface area (Å²) >= 11 is 4.98. The Kier molecular flexibility index (Phi) is 10.8. The summed E-state index contributed by atoms with van der Waals surface area (Å²) in [7, 11) is 2.42. The van der Waals surface area contributed by atoms with Crippen molar-refractivity contribution >= 4 is 34.8 Å². The Morgan fingerprint density at radius 1 is 0.950 bits per heavy atom. The maximum atomic E-state index is 10.4. The molecule has 0 amide bonds. The van der Waals surface area contributed by atoms with E-state index in [1.807, 2.05) is 0 Å². The summed E-state index contributed by atoms with van der Waals surface area (Å²) in [5.74, 6) is -2.28. The third-order valence-electron chi connectivity index (χ3n) is 1.75. The van der Waals surface area contributed by atoms with Crippen LogP contribution >= 0.6 is 11.6 Å². The Balaban J connectivity index is 0. The van der Waals surface area contributed by atoms with E-state index < -0.39 is 23.2 Å². The molecule has 0 aromatic rings. The molecule has 0 radical (unpaired) electrons. The van der Waals surface area contributed by atoms with Gasteiger partial charge in [-0.25, -0.2) is 4.79 Å². The molecule has 112 valence electrons. The van der Waals surface area contributed by atoms with Gasteiger partial charge in [0, 0.05) is 11.1 Å². The molecule has 0 saturated carbocycles. The zero-order valence-electron chi connectivity index (χ0n) is 11.1. The molecule has 0 heterocycles. The van der Waals surface area contributed by atoms with Crippen LogP contribution in [-0.2, 0) is 28.7 Å². The van der Waals surface area contributed by atoms with Crippen molar-refractivity contribution in [2.75, 3.05) is 14.2 Å². The topological polar surface area (TPSA) is 107 Å². The second kappa shape index (κ2) is 10.7. The van der Waals surface area contributed by atoms with Gasteiger partial charge < -0.3 is 14.6 Å². The molecule has 0 bridgehead atoms. The highest BCUT2D eigenvalue weighted by molar-refractivity contribution is 6.67. The minimum Gasteiger partial charge on any atom is -0.478 e. The zero-order valence-corrected chi connectivity index (χ0v) is 11.9. The molecule has 0 atom stereocenters. The highest BCUT2D eigenvalue weighted by Crippen LogP contribution is 2.03. The Bertz CT molecular complexity index is 386. The quantitative estimate of drug-likeness (QED) is 0.444. The van der Waals surface area contributed by atoms with Crippen molar-refractivity contribution in [1.29, 1.82) is 0 Å². The van der Waals surface area contributed by atoms with Gasteiger partial charge in [-0.15, -0.1) is 0 Å². The van der Waals surface area contributed by atoms with Gasteiger partial charge >= 0.3 is 17.9 Å². The van der Waals surface area contributed by atoms with Gasteiger partial charge in [0.05, 0.1) is 27.1 Å². The largest absolute Gasteiger partial charge is 0.478 e. The lowest BCUT2D eigenvalue weighted by Crippen LogP contribution is -2.07. The summed E-state index contributed by atoms with van der Waals surface area (Å²) in [6.45, 7) is 6.40. The monoisotopic (exact) mass is 306 g/mol. The molecular weight excluding hydrogens is 292 g/mol. The molecular formula is C12H15ClO7. The van der Waals surface area contributed by atoms with Crippen LogP contribution in [0.2, 0.25) is 0 Å². The Morgan fingerprint density at radius 3 is 1.55 bits per heavy atom. The molecule has 0 spiro atoms. The van der Waals surface area contributed by atoms with E-state index >= 15 is 0 Å². The number of hydrogen-bond acceptors (Lipinski definition) is 6. The highest BCUT2D eigenvalue weighted by Gasteiger charge is 2.09. The lowest BCUT2D eigenvalue weighted by Gasteiger charge is -1.96. The summed E-state index contributed by atoms with van der Waals surface area (Å²) in [5.41, 5.74) is -0.111. The highest BCUT2D eigenvalue weighted by atomic mass is 35.5. The van der Waals surface area contributed by atoms with Crippen molar-refractivity contribution in [3.8, 4) is 0 Å². The molecule has 0 unspecified atom stereocenters. The SMILES string of the molecule is C=C(CC(=O)OC)C(=O)Cl.C=C(CC(=O)OC)C(=O)O. The number of ether oxygens (including phenoxy) is 2. The number of carboxylic acids is 1. The normalized spacial score (nSPS) is 8.55. The molecule has 20 heavy (non-hydrogen) atoms. The number of rotatable bonds is 6. The van der Waals surface area contributed by atoms with Crippen LogP contribution in [0.4, 0.5) is 0 Å². The number of esters is 2. The lowest BCUT2D eigenvalue weighted by atomic mass is 10.2. The van der Waals surface area contributed by atoms with Crippen LogP contribution in [0.5, 0.6) is 0 Å². The van der Waals surface area contributed by atoms with Crippen LogP contribution in [0, 0.1) is 0 Å². The zero-order chi connectivity index (χ0) is 16.3. The smallest absolute Gasteiger partial charge is 0.331 e. The Morgan fingerprint density at radius 2 is 1.30 bits per heavy atom. The van der Waals surface area contributed by atoms with Gasteiger partial charge in [-0.1, -0.05) is 13.2 Å². The summed E-state index contributed by atoms with van der Waals surface area (Å²) in [6.07, 6.45) is -0.398. The van der Waals surface area contributed by atoms with Crippen molar-refractivity contribution in [2.24, 2.45) is 0 Å². The maximum absolute atomic E-state index is 10.4. The molecule has 0 fully saturated rings. The summed E-state index contributed by atoms with van der Waals surface area (Å²) in [5, 5.41) is 7.52. The first-order valence-electron chi connectivity index (χ1n) is 5.08. The predicted molar refractivity (Wildman–Crippen MR) is 70.0 cm³/mol. The van der Waals surface area contributed by atoms with Gasteiger partial charge in [0.2, 0.25) is 5.24 Å². The van der Waals surface area contributed by atoms with Crippen LogP contribution in [-0.4, -0.2) is 42.5 Å². The molecule has 0 aliphatic rings. The standard InChI is InChI=1S/C6H7ClO3.C6H8O4/c1-4(6(7)9)3-5(8)10-2;1-4(6(8)9)3-5(7)10-2/h1,3H2,2H3;1,3H2,2H3,(H,8,9). The minimum absolute atomic E-state index is 0.0496. The van der Waals surface area contributed by atoms with Crippen LogP contribution in [0.15, 0.2) is 24.3 Å². The number of carboxylic acid groups (broad SMARTS) is 1. The van der Waals surface area contributed by atoms with Crippen LogP contribution in [0.3, 0.4) is 0 Å². The molecule has 0 rings (SSSR count). The number of carbonyl (C=O) groups is 4. The van der Waals surface area contributed by atoms with E-state index in [0.29, 0.717) is 0 Å². The average molecular weight is 307 g/mol. The van der Waals surface area contributed by atoms with E-state index in [4.69, 9.17) is 16.7 Å². The molecule has 0 aromatic heterocycles. The first kappa shape index (κ1) is 20.2. The fourth-order valence-electron chi connectivity index (χ4n) is 0.638. The van der Waals surface area contributed by atoms with Crippen molar-refractivity contribution in [3.05, 3.63) is 24.3 Å². The van der Waals surface area contributed by atoms with Crippen molar-refractivity contribution in [2.45, 2.75) is 12.8 Å². The Hall–Kier alpha value is -2.15. The summed E-state index contributed by atoms with van der Waals surface area (Å²) < 4.78 is 8.47. The van der Waals surface area contributed by atoms with E-state index in [1.165, 1.54) is 14.2 Å². The van der Waals surface area contributed by atoms with E-state index in [1.54, 1.807) is 0 Å². The van der Waals surface area contributed by atoms with E-state index in [0.717, 1.165) is 0 Å². The number of halogens is 1. The third kappa shape index (κ3) is 11.0. The second-order valence-electron chi connectivity index (χ2n) is 3.29. The molecule has 0 aliphatic heterocycles. The molecule has 8 heteroatoms. The maximum Gasteiger partial charge on any atom is 0.331 e. The molecule has 1 N–H and O–H groups in total. The van der Waals surface area contributed by atoms with Crippen molar-refractivity contribution < 1.29 is 33.8 Å². The molecule has 0 aromatic carbocycles. The summed E-state index contributed by atoms with van der Waals surface area (Å²) in [6, 6.07) is 0. The van der Waals surface area contributed by atoms with Gasteiger partial charge in [-0.05, 0) is 11.6 Å². The van der Waals surface area contributed by atoms with Gasteiger partial charge in [0.15, 0.2) is 0 Å². The number of methoxy groups -OCH3 is 2. The van der Waals surface area contributed by atoms with Gasteiger partial charge in [0.1, 0.15) is 0 Å². The van der Waals surface area contributed by atoms with E-state index in [2.05, 4.69) is 22.6 Å². The predicted octanol–water partition coefficient (Wildman–Crippen LogP) is 1.06. The fourth-order valence-corrected chi connectivity index (χ4v) is 0.705. The van der Waals surface area contributed by atoms with E-state index in [-0.39, 0.29) is 24.0 Å². The summed E-state index contributed by atoms with van der Waals surface area (Å²) in [4.78, 5) is 41.1. The molecule has 0 saturated heterocycles. The van der Waals surface area contributed by atoms with Crippen molar-refractivity contribution in [1.82, 2.24) is 0 Å².